The fraction of sp³-hybridized carbons (Fsp3) is 0.0526. The van der Waals surface area contributed by atoms with Gasteiger partial charge in [-0.3, -0.25) is 4.79 Å². The van der Waals surface area contributed by atoms with Crippen LogP contribution in [0, 0.1) is 0 Å². The molecule has 0 aliphatic heterocycles. The van der Waals surface area contributed by atoms with Gasteiger partial charge in [-0.15, -0.1) is 0 Å². The predicted octanol–water partition coefficient (Wildman–Crippen LogP) is 4.16. The zero-order valence-corrected chi connectivity index (χ0v) is 12.3. The van der Waals surface area contributed by atoms with E-state index in [1.165, 1.54) is 0 Å². The Kier molecular flexibility index (Phi) is 3.27. The molecule has 2 aromatic carbocycles. The minimum atomic E-state index is -0.0872. The molecule has 112 valence electrons. The molecule has 4 aromatic rings. The van der Waals surface area contributed by atoms with Crippen LogP contribution in [-0.4, -0.2) is 10.9 Å². The van der Waals surface area contributed by atoms with E-state index < -0.39 is 0 Å². The molecule has 0 saturated carbocycles. The van der Waals surface area contributed by atoms with Gasteiger partial charge in [0.2, 0.25) is 5.91 Å². The summed E-state index contributed by atoms with van der Waals surface area (Å²) in [4.78, 5) is 16.2. The summed E-state index contributed by atoms with van der Waals surface area (Å²) in [6.07, 6.45) is 1.95. The molecule has 1 N–H and O–H groups in total. The number of nitrogens with one attached hydrogen (secondary N) is 1. The largest absolute Gasteiger partial charge is 0.456 e. The number of nitrogens with zero attached hydrogens (tertiary/aromatic N) is 1. The number of para-hydroxylation sites is 1. The Hall–Kier alpha value is -3.14. The summed E-state index contributed by atoms with van der Waals surface area (Å²) < 4.78 is 5.80. The predicted molar refractivity (Wildman–Crippen MR) is 90.3 cm³/mol. The first-order valence-corrected chi connectivity index (χ1v) is 7.41. The van der Waals surface area contributed by atoms with Crippen molar-refractivity contribution in [1.29, 1.82) is 0 Å². The van der Waals surface area contributed by atoms with Crippen molar-refractivity contribution in [3.8, 4) is 0 Å². The van der Waals surface area contributed by atoms with Crippen LogP contribution in [0.4, 0.5) is 5.82 Å². The second-order valence-electron chi connectivity index (χ2n) is 5.37. The van der Waals surface area contributed by atoms with Crippen molar-refractivity contribution in [2.24, 2.45) is 0 Å². The Balaban J connectivity index is 1.61. The molecule has 4 nitrogen and oxygen atoms in total. The van der Waals surface area contributed by atoms with Crippen LogP contribution in [0.1, 0.15) is 5.56 Å². The van der Waals surface area contributed by atoms with Crippen LogP contribution in [0.25, 0.3) is 21.9 Å². The number of fused-ring (bicyclic) bond motifs is 3. The van der Waals surface area contributed by atoms with Gasteiger partial charge in [-0.1, -0.05) is 30.3 Å². The average Bonchev–Trinajstić information content (AvgIpc) is 2.94. The molecule has 0 radical (unpaired) electrons. The molecule has 0 aliphatic carbocycles. The summed E-state index contributed by atoms with van der Waals surface area (Å²) in [5.41, 5.74) is 2.63. The first-order chi connectivity index (χ1) is 11.3. The zero-order chi connectivity index (χ0) is 15.6. The van der Waals surface area contributed by atoms with E-state index in [2.05, 4.69) is 10.3 Å². The molecule has 0 unspecified atom stereocenters. The van der Waals surface area contributed by atoms with Crippen LogP contribution in [0.5, 0.6) is 0 Å². The van der Waals surface area contributed by atoms with Gasteiger partial charge in [0.15, 0.2) is 0 Å². The highest BCUT2D eigenvalue weighted by atomic mass is 16.3. The molecule has 0 atom stereocenters. The van der Waals surface area contributed by atoms with E-state index in [1.54, 1.807) is 12.3 Å². The Morgan fingerprint density at radius 1 is 0.957 bits per heavy atom. The smallest absolute Gasteiger partial charge is 0.229 e. The Morgan fingerprint density at radius 2 is 1.78 bits per heavy atom. The third kappa shape index (κ3) is 2.66. The summed E-state index contributed by atoms with van der Waals surface area (Å²) in [7, 11) is 0. The summed E-state index contributed by atoms with van der Waals surface area (Å²) in [5.74, 6) is 0.475. The lowest BCUT2D eigenvalue weighted by molar-refractivity contribution is -0.115. The summed E-state index contributed by atoms with van der Waals surface area (Å²) >= 11 is 0. The Morgan fingerprint density at radius 3 is 2.65 bits per heavy atom. The quantitative estimate of drug-likeness (QED) is 0.618. The summed E-state index contributed by atoms with van der Waals surface area (Å²) in [6.45, 7) is 0. The lowest BCUT2D eigenvalue weighted by Gasteiger charge is -2.04. The maximum atomic E-state index is 12.1. The van der Waals surface area contributed by atoms with Gasteiger partial charge in [0.25, 0.3) is 0 Å². The van der Waals surface area contributed by atoms with Crippen molar-refractivity contribution < 1.29 is 9.21 Å². The van der Waals surface area contributed by atoms with E-state index in [9.17, 15) is 4.79 Å². The number of anilines is 1. The number of hydrogen-bond donors (Lipinski definition) is 1. The number of hydrogen-bond acceptors (Lipinski definition) is 3. The van der Waals surface area contributed by atoms with Crippen LogP contribution in [-0.2, 0) is 11.2 Å². The molecule has 2 heterocycles. The number of amides is 1. The molecule has 0 fully saturated rings. The number of carbonyl (C=O) groups excluding carboxylic acids is 1. The van der Waals surface area contributed by atoms with Crippen LogP contribution in [0.2, 0.25) is 0 Å². The number of rotatable bonds is 3. The number of benzene rings is 2. The number of carbonyl (C=O) groups is 1. The number of furan rings is 1. The maximum absolute atomic E-state index is 12.1. The molecular formula is C19H14N2O2. The van der Waals surface area contributed by atoms with Gasteiger partial charge in [-0.05, 0) is 35.9 Å². The van der Waals surface area contributed by atoms with Crippen molar-refractivity contribution in [2.45, 2.75) is 6.42 Å². The van der Waals surface area contributed by atoms with E-state index >= 15 is 0 Å². The monoisotopic (exact) mass is 302 g/mol. The van der Waals surface area contributed by atoms with Gasteiger partial charge < -0.3 is 9.73 Å². The van der Waals surface area contributed by atoms with Crippen LogP contribution in [0.15, 0.2) is 71.3 Å². The van der Waals surface area contributed by atoms with Gasteiger partial charge in [0, 0.05) is 17.0 Å². The van der Waals surface area contributed by atoms with Gasteiger partial charge in [0.1, 0.15) is 17.0 Å². The molecule has 0 spiro atoms. The Labute approximate surface area is 132 Å². The molecule has 4 heteroatoms. The minimum Gasteiger partial charge on any atom is -0.456 e. The lowest BCUT2D eigenvalue weighted by atomic mass is 10.1. The van der Waals surface area contributed by atoms with E-state index in [-0.39, 0.29) is 5.91 Å². The van der Waals surface area contributed by atoms with Crippen molar-refractivity contribution in [3.05, 3.63) is 72.4 Å². The van der Waals surface area contributed by atoms with Crippen molar-refractivity contribution in [1.82, 2.24) is 4.98 Å². The lowest BCUT2D eigenvalue weighted by Crippen LogP contribution is -2.15. The first kappa shape index (κ1) is 13.5. The van der Waals surface area contributed by atoms with E-state index in [0.29, 0.717) is 12.2 Å². The normalized spacial score (nSPS) is 11.0. The van der Waals surface area contributed by atoms with Crippen molar-refractivity contribution >= 4 is 33.7 Å². The van der Waals surface area contributed by atoms with Crippen molar-refractivity contribution in [3.63, 3.8) is 0 Å². The minimum absolute atomic E-state index is 0.0872. The van der Waals surface area contributed by atoms with Crippen LogP contribution in [0.3, 0.4) is 0 Å². The SMILES string of the molecule is O=C(Cc1ccc2oc3ccccc3c2c1)Nc1ccccn1. The second kappa shape index (κ2) is 5.57. The molecule has 4 rings (SSSR count). The molecule has 23 heavy (non-hydrogen) atoms. The van der Waals surface area contributed by atoms with Gasteiger partial charge in [-0.25, -0.2) is 4.98 Å². The summed E-state index contributed by atoms with van der Waals surface area (Å²) in [6, 6.07) is 19.2. The van der Waals surface area contributed by atoms with Crippen molar-refractivity contribution in [2.75, 3.05) is 5.32 Å². The van der Waals surface area contributed by atoms with Gasteiger partial charge in [0.05, 0.1) is 6.42 Å². The molecule has 0 bridgehead atoms. The zero-order valence-electron chi connectivity index (χ0n) is 12.3. The second-order valence-corrected chi connectivity index (χ2v) is 5.37. The number of pyridine rings is 1. The fourth-order valence-corrected chi connectivity index (χ4v) is 2.69. The molecule has 0 saturated heterocycles. The summed E-state index contributed by atoms with van der Waals surface area (Å²) in [5, 5.41) is 4.89. The average molecular weight is 302 g/mol. The highest BCUT2D eigenvalue weighted by molar-refractivity contribution is 6.05. The molecular weight excluding hydrogens is 288 g/mol. The number of aromatic nitrogens is 1. The fourth-order valence-electron chi connectivity index (χ4n) is 2.69. The van der Waals surface area contributed by atoms with Gasteiger partial charge >= 0.3 is 0 Å². The van der Waals surface area contributed by atoms with Crippen LogP contribution >= 0.6 is 0 Å². The molecule has 2 aromatic heterocycles. The van der Waals surface area contributed by atoms with E-state index in [4.69, 9.17) is 4.42 Å². The third-order valence-corrected chi connectivity index (χ3v) is 3.74. The van der Waals surface area contributed by atoms with Gasteiger partial charge in [-0.2, -0.15) is 0 Å². The first-order valence-electron chi connectivity index (χ1n) is 7.41. The third-order valence-electron chi connectivity index (χ3n) is 3.74. The molecule has 1 amide bonds. The highest BCUT2D eigenvalue weighted by Gasteiger charge is 2.09. The van der Waals surface area contributed by atoms with E-state index in [0.717, 1.165) is 27.5 Å². The van der Waals surface area contributed by atoms with E-state index in [1.807, 2.05) is 54.6 Å². The van der Waals surface area contributed by atoms with Crippen LogP contribution < -0.4 is 5.32 Å². The Bertz CT molecular complexity index is 990. The topological polar surface area (TPSA) is 55.1 Å². The molecule has 0 aliphatic rings. The standard InChI is InChI=1S/C19H14N2O2/c22-19(21-18-7-3-4-10-20-18)12-13-8-9-17-15(11-13)14-5-1-2-6-16(14)23-17/h1-11H,12H2,(H,20,21,22). The highest BCUT2D eigenvalue weighted by Crippen LogP contribution is 2.29. The maximum Gasteiger partial charge on any atom is 0.229 e.